The summed E-state index contributed by atoms with van der Waals surface area (Å²) in [6, 6.07) is 7.45. The van der Waals surface area contributed by atoms with Gasteiger partial charge < -0.3 is 20.1 Å². The number of piperazine rings is 1. The normalized spacial score (nSPS) is 14.8. The van der Waals surface area contributed by atoms with E-state index in [9.17, 15) is 9.59 Å². The molecule has 2 heterocycles. The van der Waals surface area contributed by atoms with Gasteiger partial charge in [-0.1, -0.05) is 12.1 Å². The first-order chi connectivity index (χ1) is 11.6. The molecule has 7 nitrogen and oxygen atoms in total. The van der Waals surface area contributed by atoms with Crippen molar-refractivity contribution in [2.45, 2.75) is 13.5 Å². The van der Waals surface area contributed by atoms with Gasteiger partial charge in [-0.25, -0.2) is 4.98 Å². The Morgan fingerprint density at radius 1 is 1.12 bits per heavy atom. The Morgan fingerprint density at radius 3 is 2.42 bits per heavy atom. The van der Waals surface area contributed by atoms with Crippen LogP contribution >= 0.6 is 0 Å². The summed E-state index contributed by atoms with van der Waals surface area (Å²) in [7, 11) is 0. The molecular formula is C17H21N5O2. The number of benzene rings is 1. The Bertz CT molecular complexity index is 747. The second-order valence-corrected chi connectivity index (χ2v) is 5.79. The molecule has 2 amide bonds. The molecule has 126 valence electrons. The molecule has 0 saturated carbocycles. The number of rotatable bonds is 3. The third-order valence-corrected chi connectivity index (χ3v) is 4.27. The monoisotopic (exact) mass is 327 g/mol. The average Bonchev–Trinajstić information content (AvgIpc) is 3.10. The van der Waals surface area contributed by atoms with Crippen molar-refractivity contribution in [1.29, 1.82) is 0 Å². The summed E-state index contributed by atoms with van der Waals surface area (Å²) in [4.78, 5) is 32.1. The fourth-order valence-corrected chi connectivity index (χ4v) is 2.88. The zero-order valence-corrected chi connectivity index (χ0v) is 13.7. The van der Waals surface area contributed by atoms with Crippen LogP contribution in [0.3, 0.4) is 0 Å². The van der Waals surface area contributed by atoms with E-state index in [1.807, 2.05) is 35.0 Å². The summed E-state index contributed by atoms with van der Waals surface area (Å²) < 4.78 is 1.82. The Labute approximate surface area is 140 Å². The second kappa shape index (κ2) is 6.84. The number of carbonyl (C=O) groups is 2. The predicted molar refractivity (Wildman–Crippen MR) is 89.6 cm³/mol. The maximum atomic E-state index is 12.9. The van der Waals surface area contributed by atoms with Gasteiger partial charge in [-0.05, 0) is 12.1 Å². The van der Waals surface area contributed by atoms with Crippen molar-refractivity contribution < 1.29 is 9.59 Å². The van der Waals surface area contributed by atoms with Crippen molar-refractivity contribution in [3.8, 4) is 5.69 Å². The minimum absolute atomic E-state index is 0.0307. The molecule has 0 unspecified atom stereocenters. The standard InChI is InChI=1S/C17H21N5O2/c1-13(23)20-6-8-21(9-7-20)17(24)15-4-2-3-5-16(15)22-11-14(10-18)19-12-22/h2-5,11-12H,6-10,18H2,1H3. The van der Waals surface area contributed by atoms with Gasteiger partial charge in [0.2, 0.25) is 5.91 Å². The first-order valence-corrected chi connectivity index (χ1v) is 7.97. The Hall–Kier alpha value is -2.67. The lowest BCUT2D eigenvalue weighted by atomic mass is 10.1. The van der Waals surface area contributed by atoms with Crippen LogP contribution in [0, 0.1) is 0 Å². The number of amides is 2. The SMILES string of the molecule is CC(=O)N1CCN(C(=O)c2ccccc2-n2cnc(CN)c2)CC1. The van der Waals surface area contributed by atoms with Crippen LogP contribution in [0.5, 0.6) is 0 Å². The molecule has 1 aromatic carbocycles. The van der Waals surface area contributed by atoms with Crippen molar-refractivity contribution >= 4 is 11.8 Å². The molecule has 0 bridgehead atoms. The predicted octanol–water partition coefficient (Wildman–Crippen LogP) is 0.635. The van der Waals surface area contributed by atoms with Gasteiger partial charge in [-0.15, -0.1) is 0 Å². The zero-order chi connectivity index (χ0) is 17.1. The minimum atomic E-state index is -0.0307. The van der Waals surface area contributed by atoms with Crippen LogP contribution in [0.15, 0.2) is 36.8 Å². The third-order valence-electron chi connectivity index (χ3n) is 4.27. The van der Waals surface area contributed by atoms with Gasteiger partial charge in [0.25, 0.3) is 5.91 Å². The molecule has 0 radical (unpaired) electrons. The quantitative estimate of drug-likeness (QED) is 0.896. The van der Waals surface area contributed by atoms with Crippen LogP contribution in [-0.4, -0.2) is 57.3 Å². The molecule has 24 heavy (non-hydrogen) atoms. The molecule has 1 aliphatic rings. The molecule has 1 fully saturated rings. The molecular weight excluding hydrogens is 306 g/mol. The first-order valence-electron chi connectivity index (χ1n) is 7.97. The van der Waals surface area contributed by atoms with Crippen molar-refractivity contribution in [2.24, 2.45) is 5.73 Å². The number of imidazole rings is 1. The fraction of sp³-hybridized carbons (Fsp3) is 0.353. The van der Waals surface area contributed by atoms with Crippen LogP contribution in [0.1, 0.15) is 23.0 Å². The molecule has 7 heteroatoms. The molecule has 1 aliphatic heterocycles. The van der Waals surface area contributed by atoms with Crippen molar-refractivity contribution in [3.05, 3.63) is 48.0 Å². The fourth-order valence-electron chi connectivity index (χ4n) is 2.88. The summed E-state index contributed by atoms with van der Waals surface area (Å²) in [6.45, 7) is 4.16. The molecule has 3 rings (SSSR count). The molecule has 1 aromatic heterocycles. The minimum Gasteiger partial charge on any atom is -0.339 e. The number of para-hydroxylation sites is 1. The van der Waals surface area contributed by atoms with E-state index in [-0.39, 0.29) is 11.8 Å². The largest absolute Gasteiger partial charge is 0.339 e. The van der Waals surface area contributed by atoms with E-state index in [4.69, 9.17) is 5.73 Å². The average molecular weight is 327 g/mol. The lowest BCUT2D eigenvalue weighted by Gasteiger charge is -2.34. The van der Waals surface area contributed by atoms with Crippen LogP contribution in [0.4, 0.5) is 0 Å². The van der Waals surface area contributed by atoms with Crippen LogP contribution in [0.25, 0.3) is 5.69 Å². The summed E-state index contributed by atoms with van der Waals surface area (Å²) in [5.74, 6) is 0.0204. The van der Waals surface area contributed by atoms with E-state index < -0.39 is 0 Å². The van der Waals surface area contributed by atoms with Gasteiger partial charge in [-0.3, -0.25) is 9.59 Å². The zero-order valence-electron chi connectivity index (χ0n) is 13.7. The van der Waals surface area contributed by atoms with Crippen molar-refractivity contribution in [2.75, 3.05) is 26.2 Å². The molecule has 2 aromatic rings. The third kappa shape index (κ3) is 3.16. The number of nitrogens with zero attached hydrogens (tertiary/aromatic N) is 4. The summed E-state index contributed by atoms with van der Waals surface area (Å²) in [5.41, 5.74) is 7.78. The highest BCUT2D eigenvalue weighted by atomic mass is 16.2. The van der Waals surface area contributed by atoms with E-state index in [1.54, 1.807) is 23.1 Å². The number of hydrogen-bond donors (Lipinski definition) is 1. The summed E-state index contributed by atoms with van der Waals surface area (Å²) in [5, 5.41) is 0. The maximum absolute atomic E-state index is 12.9. The molecule has 1 saturated heterocycles. The smallest absolute Gasteiger partial charge is 0.256 e. The maximum Gasteiger partial charge on any atom is 0.256 e. The number of hydrogen-bond acceptors (Lipinski definition) is 4. The van der Waals surface area contributed by atoms with Gasteiger partial charge in [0.15, 0.2) is 0 Å². The second-order valence-electron chi connectivity index (χ2n) is 5.79. The number of carbonyl (C=O) groups excluding carboxylic acids is 2. The van der Waals surface area contributed by atoms with E-state index in [0.717, 1.165) is 11.4 Å². The highest BCUT2D eigenvalue weighted by Gasteiger charge is 2.25. The molecule has 2 N–H and O–H groups in total. The van der Waals surface area contributed by atoms with Gasteiger partial charge in [-0.2, -0.15) is 0 Å². The van der Waals surface area contributed by atoms with Crippen molar-refractivity contribution in [3.63, 3.8) is 0 Å². The van der Waals surface area contributed by atoms with Crippen LogP contribution in [-0.2, 0) is 11.3 Å². The highest BCUT2D eigenvalue weighted by Crippen LogP contribution is 2.18. The highest BCUT2D eigenvalue weighted by molar-refractivity contribution is 5.98. The van der Waals surface area contributed by atoms with E-state index in [0.29, 0.717) is 38.3 Å². The van der Waals surface area contributed by atoms with E-state index in [2.05, 4.69) is 4.98 Å². The topological polar surface area (TPSA) is 84.5 Å². The molecule has 0 spiro atoms. The van der Waals surface area contributed by atoms with Gasteiger partial charge in [0, 0.05) is 45.8 Å². The molecule has 0 aliphatic carbocycles. The van der Waals surface area contributed by atoms with E-state index in [1.165, 1.54) is 0 Å². The Kier molecular flexibility index (Phi) is 4.61. The molecule has 0 atom stereocenters. The number of aromatic nitrogens is 2. The van der Waals surface area contributed by atoms with Gasteiger partial charge in [0.05, 0.1) is 23.3 Å². The van der Waals surface area contributed by atoms with Crippen LogP contribution < -0.4 is 5.73 Å². The lowest BCUT2D eigenvalue weighted by molar-refractivity contribution is -0.130. The Balaban J connectivity index is 1.82. The number of nitrogens with two attached hydrogens (primary N) is 1. The van der Waals surface area contributed by atoms with Crippen LogP contribution in [0.2, 0.25) is 0 Å². The van der Waals surface area contributed by atoms with Gasteiger partial charge >= 0.3 is 0 Å². The summed E-state index contributed by atoms with van der Waals surface area (Å²) >= 11 is 0. The lowest BCUT2D eigenvalue weighted by Crippen LogP contribution is -2.50. The van der Waals surface area contributed by atoms with Gasteiger partial charge in [0.1, 0.15) is 0 Å². The first kappa shape index (κ1) is 16.2. The Morgan fingerprint density at radius 2 is 1.79 bits per heavy atom. The van der Waals surface area contributed by atoms with Crippen molar-refractivity contribution in [1.82, 2.24) is 19.4 Å². The van der Waals surface area contributed by atoms with E-state index >= 15 is 0 Å². The summed E-state index contributed by atoms with van der Waals surface area (Å²) in [6.07, 6.45) is 3.50.